The van der Waals surface area contributed by atoms with Crippen LogP contribution < -0.4 is 10.6 Å². The molecule has 19 heavy (non-hydrogen) atoms. The van der Waals surface area contributed by atoms with E-state index < -0.39 is 6.10 Å². The summed E-state index contributed by atoms with van der Waals surface area (Å²) in [7, 11) is 0. The SMILES string of the molecule is Cc1cc(Cl)cc(Cl)c1CNC(=O)C1CNCCO1. The number of morpholine rings is 1. The highest BCUT2D eigenvalue weighted by Crippen LogP contribution is 2.24. The first kappa shape index (κ1) is 14.6. The molecule has 1 aromatic carbocycles. The lowest BCUT2D eigenvalue weighted by atomic mass is 10.1. The topological polar surface area (TPSA) is 50.4 Å². The summed E-state index contributed by atoms with van der Waals surface area (Å²) in [5.41, 5.74) is 1.84. The molecule has 2 rings (SSSR count). The molecule has 104 valence electrons. The summed E-state index contributed by atoms with van der Waals surface area (Å²) < 4.78 is 5.38. The van der Waals surface area contributed by atoms with E-state index in [4.69, 9.17) is 27.9 Å². The normalized spacial score (nSPS) is 19.2. The summed E-state index contributed by atoms with van der Waals surface area (Å²) in [6, 6.07) is 3.50. The van der Waals surface area contributed by atoms with Gasteiger partial charge in [-0.1, -0.05) is 23.2 Å². The van der Waals surface area contributed by atoms with Gasteiger partial charge in [0.1, 0.15) is 6.10 Å². The maximum Gasteiger partial charge on any atom is 0.250 e. The molecule has 0 saturated carbocycles. The molecule has 0 radical (unpaired) electrons. The van der Waals surface area contributed by atoms with Crippen LogP contribution >= 0.6 is 23.2 Å². The van der Waals surface area contributed by atoms with Crippen molar-refractivity contribution in [1.82, 2.24) is 10.6 Å². The Morgan fingerprint density at radius 3 is 2.95 bits per heavy atom. The van der Waals surface area contributed by atoms with E-state index in [0.717, 1.165) is 17.7 Å². The highest BCUT2D eigenvalue weighted by molar-refractivity contribution is 6.35. The first-order valence-electron chi connectivity index (χ1n) is 6.12. The molecule has 1 aliphatic rings. The van der Waals surface area contributed by atoms with Gasteiger partial charge in [-0.05, 0) is 30.2 Å². The van der Waals surface area contributed by atoms with Crippen molar-refractivity contribution in [2.24, 2.45) is 0 Å². The van der Waals surface area contributed by atoms with Crippen LogP contribution in [0.15, 0.2) is 12.1 Å². The number of hydrogen-bond acceptors (Lipinski definition) is 3. The van der Waals surface area contributed by atoms with E-state index in [1.54, 1.807) is 6.07 Å². The Hall–Kier alpha value is -0.810. The second-order valence-corrected chi connectivity index (χ2v) is 5.31. The zero-order chi connectivity index (χ0) is 13.8. The van der Waals surface area contributed by atoms with Crippen LogP contribution in [0.2, 0.25) is 10.0 Å². The number of rotatable bonds is 3. The average Bonchev–Trinajstić information content (AvgIpc) is 2.38. The van der Waals surface area contributed by atoms with Crippen LogP contribution in [0.3, 0.4) is 0 Å². The van der Waals surface area contributed by atoms with Gasteiger partial charge in [0.25, 0.3) is 5.91 Å². The second kappa shape index (κ2) is 6.57. The van der Waals surface area contributed by atoms with Crippen molar-refractivity contribution in [1.29, 1.82) is 0 Å². The molecule has 6 heteroatoms. The minimum absolute atomic E-state index is 0.127. The summed E-state index contributed by atoms with van der Waals surface area (Å²) in [6.45, 7) is 4.17. The lowest BCUT2D eigenvalue weighted by Gasteiger charge is -2.23. The molecule has 0 aromatic heterocycles. The molecule has 1 heterocycles. The lowest BCUT2D eigenvalue weighted by Crippen LogP contribution is -2.47. The lowest BCUT2D eigenvalue weighted by molar-refractivity contribution is -0.134. The third kappa shape index (κ3) is 3.83. The monoisotopic (exact) mass is 302 g/mol. The molecule has 1 aliphatic heterocycles. The molecule has 4 nitrogen and oxygen atoms in total. The molecule has 1 saturated heterocycles. The standard InChI is InChI=1S/C13H16Cl2N2O2/c1-8-4-9(14)5-11(15)10(8)6-17-13(18)12-7-16-2-3-19-12/h4-5,12,16H,2-3,6-7H2,1H3,(H,17,18). The van der Waals surface area contributed by atoms with Crippen LogP contribution in [-0.4, -0.2) is 31.7 Å². The zero-order valence-corrected chi connectivity index (χ0v) is 12.1. The number of benzene rings is 1. The Bertz CT molecular complexity index is 451. The largest absolute Gasteiger partial charge is 0.366 e. The molecule has 2 N–H and O–H groups in total. The van der Waals surface area contributed by atoms with Gasteiger partial charge >= 0.3 is 0 Å². The van der Waals surface area contributed by atoms with E-state index in [2.05, 4.69) is 10.6 Å². The number of nitrogens with one attached hydrogen (secondary N) is 2. The van der Waals surface area contributed by atoms with Gasteiger partial charge in [-0.25, -0.2) is 0 Å². The molecule has 0 bridgehead atoms. The molecule has 1 amide bonds. The van der Waals surface area contributed by atoms with E-state index in [1.165, 1.54) is 0 Å². The van der Waals surface area contributed by atoms with E-state index in [0.29, 0.717) is 29.7 Å². The Balaban J connectivity index is 1.96. The summed E-state index contributed by atoms with van der Waals surface area (Å²) in [5.74, 6) is -0.127. The number of ether oxygens (including phenoxy) is 1. The number of hydrogen-bond donors (Lipinski definition) is 2. The maximum atomic E-state index is 11.9. The van der Waals surface area contributed by atoms with Crippen molar-refractivity contribution >= 4 is 29.1 Å². The van der Waals surface area contributed by atoms with Gasteiger partial charge in [0.15, 0.2) is 0 Å². The fourth-order valence-electron chi connectivity index (χ4n) is 1.98. The fourth-order valence-corrected chi connectivity index (χ4v) is 2.64. The second-order valence-electron chi connectivity index (χ2n) is 4.46. The maximum absolute atomic E-state index is 11.9. The van der Waals surface area contributed by atoms with Crippen LogP contribution in [0.25, 0.3) is 0 Å². The predicted octanol–water partition coefficient (Wildman–Crippen LogP) is 1.91. The van der Waals surface area contributed by atoms with Crippen LogP contribution in [0.5, 0.6) is 0 Å². The molecule has 1 unspecified atom stereocenters. The van der Waals surface area contributed by atoms with E-state index in [9.17, 15) is 4.79 Å². The molecule has 1 fully saturated rings. The van der Waals surface area contributed by atoms with E-state index in [-0.39, 0.29) is 5.91 Å². The molecule has 1 aromatic rings. The minimum atomic E-state index is -0.430. The molecular formula is C13H16Cl2N2O2. The number of carbonyl (C=O) groups excluding carboxylic acids is 1. The van der Waals surface area contributed by atoms with Crippen LogP contribution in [0.4, 0.5) is 0 Å². The predicted molar refractivity (Wildman–Crippen MR) is 75.7 cm³/mol. The summed E-state index contributed by atoms with van der Waals surface area (Å²) in [5, 5.41) is 7.11. The Kier molecular flexibility index (Phi) is 5.05. The minimum Gasteiger partial charge on any atom is -0.366 e. The third-order valence-electron chi connectivity index (χ3n) is 3.04. The smallest absolute Gasteiger partial charge is 0.250 e. The highest BCUT2D eigenvalue weighted by Gasteiger charge is 2.21. The first-order valence-corrected chi connectivity index (χ1v) is 6.88. The highest BCUT2D eigenvalue weighted by atomic mass is 35.5. The fraction of sp³-hybridized carbons (Fsp3) is 0.462. The number of amides is 1. The van der Waals surface area contributed by atoms with Crippen LogP contribution in [0.1, 0.15) is 11.1 Å². The third-order valence-corrected chi connectivity index (χ3v) is 3.60. The molecule has 0 spiro atoms. The van der Waals surface area contributed by atoms with Gasteiger partial charge in [0.05, 0.1) is 6.61 Å². The van der Waals surface area contributed by atoms with Crippen LogP contribution in [-0.2, 0) is 16.1 Å². The quantitative estimate of drug-likeness (QED) is 0.897. The average molecular weight is 303 g/mol. The van der Waals surface area contributed by atoms with Crippen molar-refractivity contribution < 1.29 is 9.53 Å². The Morgan fingerprint density at radius 2 is 2.32 bits per heavy atom. The molecular weight excluding hydrogens is 287 g/mol. The first-order chi connectivity index (χ1) is 9.08. The van der Waals surface area contributed by atoms with E-state index in [1.807, 2.05) is 13.0 Å². The summed E-state index contributed by atoms with van der Waals surface area (Å²) in [4.78, 5) is 11.9. The van der Waals surface area contributed by atoms with Crippen molar-refractivity contribution in [3.05, 3.63) is 33.3 Å². The van der Waals surface area contributed by atoms with Gasteiger partial charge in [-0.15, -0.1) is 0 Å². The Labute approximate surface area is 122 Å². The van der Waals surface area contributed by atoms with Gasteiger partial charge in [-0.2, -0.15) is 0 Å². The molecule has 1 atom stereocenters. The number of carbonyl (C=O) groups is 1. The summed E-state index contributed by atoms with van der Waals surface area (Å²) >= 11 is 12.0. The summed E-state index contributed by atoms with van der Waals surface area (Å²) in [6.07, 6.45) is -0.430. The Morgan fingerprint density at radius 1 is 1.53 bits per heavy atom. The van der Waals surface area contributed by atoms with Crippen molar-refractivity contribution in [3.8, 4) is 0 Å². The zero-order valence-electron chi connectivity index (χ0n) is 10.6. The van der Waals surface area contributed by atoms with Gasteiger partial charge in [0, 0.05) is 29.7 Å². The van der Waals surface area contributed by atoms with Crippen molar-refractivity contribution in [2.45, 2.75) is 19.6 Å². The van der Waals surface area contributed by atoms with Crippen LogP contribution in [0, 0.1) is 6.92 Å². The number of halogens is 2. The van der Waals surface area contributed by atoms with E-state index >= 15 is 0 Å². The van der Waals surface area contributed by atoms with Crippen molar-refractivity contribution in [2.75, 3.05) is 19.7 Å². The van der Waals surface area contributed by atoms with Gasteiger partial charge < -0.3 is 15.4 Å². The molecule has 0 aliphatic carbocycles. The van der Waals surface area contributed by atoms with Gasteiger partial charge in [0.2, 0.25) is 0 Å². The van der Waals surface area contributed by atoms with Gasteiger partial charge in [-0.3, -0.25) is 4.79 Å². The van der Waals surface area contributed by atoms with Crippen molar-refractivity contribution in [3.63, 3.8) is 0 Å². The number of aryl methyl sites for hydroxylation is 1.